The van der Waals surface area contributed by atoms with Crippen LogP contribution in [0.15, 0.2) is 30.5 Å². The highest BCUT2D eigenvalue weighted by molar-refractivity contribution is 14.1. The highest BCUT2D eigenvalue weighted by Gasteiger charge is 2.14. The topological polar surface area (TPSA) is 26.9 Å². The summed E-state index contributed by atoms with van der Waals surface area (Å²) < 4.78 is 2.12. The molecule has 2 aromatic rings. The van der Waals surface area contributed by atoms with Gasteiger partial charge in [-0.1, -0.05) is 31.5 Å². The van der Waals surface area contributed by atoms with E-state index < -0.39 is 0 Å². The fraction of sp³-hybridized carbons (Fsp3) is 0.308. The minimum absolute atomic E-state index is 0.864. The van der Waals surface area contributed by atoms with E-state index in [2.05, 4.69) is 35.6 Å². The average Bonchev–Trinajstić information content (AvgIpc) is 2.29. The number of benzene rings is 1. The van der Waals surface area contributed by atoms with Crippen LogP contribution in [0.25, 0.3) is 10.8 Å². The zero-order valence-corrected chi connectivity index (χ0v) is 11.4. The summed E-state index contributed by atoms with van der Waals surface area (Å²) in [5, 5.41) is 14.1. The second kappa shape index (κ2) is 4.99. The molecule has 0 saturated carbocycles. The largest absolute Gasteiger partial charge is 0.618 e. The Morgan fingerprint density at radius 3 is 2.81 bits per heavy atom. The Morgan fingerprint density at radius 2 is 2.06 bits per heavy atom. The zero-order chi connectivity index (χ0) is 11.5. The first-order valence-electron chi connectivity index (χ1n) is 5.53. The van der Waals surface area contributed by atoms with Crippen molar-refractivity contribution in [3.05, 3.63) is 44.9 Å². The van der Waals surface area contributed by atoms with E-state index in [-0.39, 0.29) is 0 Å². The van der Waals surface area contributed by atoms with Crippen molar-refractivity contribution < 1.29 is 4.73 Å². The normalized spacial score (nSPS) is 10.9. The van der Waals surface area contributed by atoms with Crippen molar-refractivity contribution >= 4 is 33.4 Å². The van der Waals surface area contributed by atoms with Crippen LogP contribution in [0.5, 0.6) is 0 Å². The summed E-state index contributed by atoms with van der Waals surface area (Å²) in [6, 6.07) is 8.04. The van der Waals surface area contributed by atoms with Crippen LogP contribution < -0.4 is 4.73 Å². The first kappa shape index (κ1) is 11.6. The van der Waals surface area contributed by atoms with Crippen LogP contribution in [0, 0.1) is 8.78 Å². The van der Waals surface area contributed by atoms with E-state index in [4.69, 9.17) is 0 Å². The first-order valence-corrected chi connectivity index (χ1v) is 6.61. The van der Waals surface area contributed by atoms with E-state index in [1.165, 1.54) is 5.39 Å². The molecule has 3 heteroatoms. The predicted molar refractivity (Wildman–Crippen MR) is 74.2 cm³/mol. The Labute approximate surface area is 109 Å². The number of aromatic nitrogens is 1. The summed E-state index contributed by atoms with van der Waals surface area (Å²) in [4.78, 5) is 0. The molecule has 0 radical (unpaired) electrons. The third-order valence-corrected chi connectivity index (χ3v) is 3.94. The quantitative estimate of drug-likeness (QED) is 0.482. The second-order valence-corrected chi connectivity index (χ2v) is 4.99. The lowest BCUT2D eigenvalue weighted by molar-refractivity contribution is -0.613. The van der Waals surface area contributed by atoms with Crippen molar-refractivity contribution in [2.24, 2.45) is 0 Å². The maximum absolute atomic E-state index is 11.9. The molecule has 0 aliphatic heterocycles. The van der Waals surface area contributed by atoms with Crippen molar-refractivity contribution in [3.8, 4) is 0 Å². The fourth-order valence-corrected chi connectivity index (χ4v) is 2.83. The maximum Gasteiger partial charge on any atom is 0.206 e. The van der Waals surface area contributed by atoms with Gasteiger partial charge in [0.2, 0.25) is 5.69 Å². The molecule has 1 aromatic heterocycles. The maximum atomic E-state index is 11.9. The van der Waals surface area contributed by atoms with Gasteiger partial charge in [-0.25, -0.2) is 0 Å². The lowest BCUT2D eigenvalue weighted by Gasteiger charge is -2.08. The standard InChI is InChI=1S/C13H14INO/c1-2-3-8-12-13(14)11-7-5-4-6-10(11)9-15(12)16/h4-7,9H,2-3,8H2,1H3. The van der Waals surface area contributed by atoms with E-state index in [1.807, 2.05) is 18.2 Å². The van der Waals surface area contributed by atoms with Crippen LogP contribution >= 0.6 is 22.6 Å². The Bertz CT molecular complexity index is 511. The van der Waals surface area contributed by atoms with Gasteiger partial charge in [0.05, 0.1) is 3.57 Å². The molecule has 0 aliphatic carbocycles. The lowest BCUT2D eigenvalue weighted by atomic mass is 10.1. The van der Waals surface area contributed by atoms with Crippen LogP contribution in [0.2, 0.25) is 0 Å². The van der Waals surface area contributed by atoms with Gasteiger partial charge in [-0.15, -0.1) is 0 Å². The van der Waals surface area contributed by atoms with E-state index >= 15 is 0 Å². The predicted octanol–water partition coefficient (Wildman–Crippen LogP) is 3.42. The smallest absolute Gasteiger partial charge is 0.206 e. The highest BCUT2D eigenvalue weighted by Crippen LogP contribution is 2.22. The molecule has 2 nitrogen and oxygen atoms in total. The molecular formula is C13H14INO. The SMILES string of the molecule is CCCCc1c(I)c2ccccc2c[n+]1[O-]. The molecule has 2 rings (SSSR count). The van der Waals surface area contributed by atoms with Crippen molar-refractivity contribution in [3.63, 3.8) is 0 Å². The third kappa shape index (κ3) is 2.14. The van der Waals surface area contributed by atoms with Crippen LogP contribution in [-0.4, -0.2) is 0 Å². The summed E-state index contributed by atoms with van der Waals surface area (Å²) in [6.45, 7) is 2.14. The number of rotatable bonds is 3. The number of fused-ring (bicyclic) bond motifs is 1. The van der Waals surface area contributed by atoms with Gasteiger partial charge in [0.25, 0.3) is 0 Å². The Kier molecular flexibility index (Phi) is 3.63. The number of pyridine rings is 1. The number of hydrogen-bond acceptors (Lipinski definition) is 1. The van der Waals surface area contributed by atoms with Gasteiger partial charge in [0.15, 0.2) is 6.20 Å². The minimum Gasteiger partial charge on any atom is -0.618 e. The molecule has 0 unspecified atom stereocenters. The van der Waals surface area contributed by atoms with Gasteiger partial charge in [0.1, 0.15) is 0 Å². The summed E-state index contributed by atoms with van der Waals surface area (Å²) >= 11 is 2.28. The number of nitrogens with zero attached hydrogens (tertiary/aromatic N) is 1. The van der Waals surface area contributed by atoms with Crippen molar-refractivity contribution in [2.75, 3.05) is 0 Å². The van der Waals surface area contributed by atoms with Gasteiger partial charge in [0, 0.05) is 17.2 Å². The van der Waals surface area contributed by atoms with Crippen LogP contribution in [0.4, 0.5) is 0 Å². The van der Waals surface area contributed by atoms with E-state index in [1.54, 1.807) is 6.20 Å². The Morgan fingerprint density at radius 1 is 1.31 bits per heavy atom. The highest BCUT2D eigenvalue weighted by atomic mass is 127. The van der Waals surface area contributed by atoms with Gasteiger partial charge >= 0.3 is 0 Å². The van der Waals surface area contributed by atoms with E-state index in [9.17, 15) is 5.21 Å². The molecular weight excluding hydrogens is 313 g/mol. The molecule has 0 N–H and O–H groups in total. The second-order valence-electron chi connectivity index (χ2n) is 3.91. The molecule has 0 fully saturated rings. The van der Waals surface area contributed by atoms with Crippen LogP contribution in [0.1, 0.15) is 25.5 Å². The van der Waals surface area contributed by atoms with Gasteiger partial charge in [-0.3, -0.25) is 0 Å². The lowest BCUT2D eigenvalue weighted by Crippen LogP contribution is -2.32. The molecule has 0 amide bonds. The van der Waals surface area contributed by atoms with Crippen molar-refractivity contribution in [1.29, 1.82) is 0 Å². The first-order chi connectivity index (χ1) is 7.74. The monoisotopic (exact) mass is 327 g/mol. The van der Waals surface area contributed by atoms with E-state index in [0.717, 1.165) is 38.6 Å². The summed E-state index contributed by atoms with van der Waals surface area (Å²) in [7, 11) is 0. The molecule has 0 spiro atoms. The average molecular weight is 327 g/mol. The molecule has 1 aromatic carbocycles. The molecule has 0 aliphatic rings. The molecule has 0 atom stereocenters. The summed E-state index contributed by atoms with van der Waals surface area (Å²) in [5.74, 6) is 0. The third-order valence-electron chi connectivity index (χ3n) is 2.74. The number of unbranched alkanes of at least 4 members (excludes halogenated alkanes) is 1. The van der Waals surface area contributed by atoms with E-state index in [0.29, 0.717) is 0 Å². The minimum atomic E-state index is 0.864. The number of halogens is 1. The number of hydrogen-bond donors (Lipinski definition) is 0. The molecule has 16 heavy (non-hydrogen) atoms. The molecule has 84 valence electrons. The molecule has 0 bridgehead atoms. The Balaban J connectivity index is 2.56. The van der Waals surface area contributed by atoms with Crippen LogP contribution in [-0.2, 0) is 6.42 Å². The van der Waals surface area contributed by atoms with Crippen LogP contribution in [0.3, 0.4) is 0 Å². The fourth-order valence-electron chi connectivity index (χ4n) is 1.83. The molecule has 0 saturated heterocycles. The summed E-state index contributed by atoms with van der Waals surface area (Å²) in [5.41, 5.74) is 0.904. The van der Waals surface area contributed by atoms with Gasteiger partial charge < -0.3 is 5.21 Å². The van der Waals surface area contributed by atoms with Crippen molar-refractivity contribution in [1.82, 2.24) is 0 Å². The zero-order valence-electron chi connectivity index (χ0n) is 9.24. The summed E-state index contributed by atoms with van der Waals surface area (Å²) in [6.07, 6.45) is 4.73. The molecule has 1 heterocycles. The van der Waals surface area contributed by atoms with Gasteiger partial charge in [-0.05, 0) is 35.1 Å². The van der Waals surface area contributed by atoms with Gasteiger partial charge in [-0.2, -0.15) is 4.73 Å². The Hall–Kier alpha value is -0.840. The van der Waals surface area contributed by atoms with Crippen molar-refractivity contribution in [2.45, 2.75) is 26.2 Å².